The zero-order chi connectivity index (χ0) is 17.7. The largest absolute Gasteiger partial charge is 0.480 e. The van der Waals surface area contributed by atoms with E-state index < -0.39 is 12.0 Å². The molecule has 0 bridgehead atoms. The molecule has 1 heterocycles. The van der Waals surface area contributed by atoms with Gasteiger partial charge in [0.25, 0.3) is 0 Å². The highest BCUT2D eigenvalue weighted by atomic mass is 16.4. The van der Waals surface area contributed by atoms with Crippen LogP contribution in [0.25, 0.3) is 0 Å². The van der Waals surface area contributed by atoms with Gasteiger partial charge in [0.1, 0.15) is 6.04 Å². The molecule has 1 saturated heterocycles. The molecule has 1 atom stereocenters. The number of hydrogen-bond donors (Lipinski definition) is 1. The highest BCUT2D eigenvalue weighted by Gasteiger charge is 2.25. The van der Waals surface area contributed by atoms with E-state index in [1.807, 2.05) is 4.90 Å². The van der Waals surface area contributed by atoms with Crippen LogP contribution < -0.4 is 0 Å². The number of carbonyl (C=O) groups excluding carboxylic acids is 1. The molecular formula is C18H27N3O3. The molecule has 24 heavy (non-hydrogen) atoms. The van der Waals surface area contributed by atoms with E-state index in [0.29, 0.717) is 13.1 Å². The quantitative estimate of drug-likeness (QED) is 0.843. The summed E-state index contributed by atoms with van der Waals surface area (Å²) in [6.07, 6.45) is 0. The van der Waals surface area contributed by atoms with Crippen molar-refractivity contribution in [2.24, 2.45) is 0 Å². The summed E-state index contributed by atoms with van der Waals surface area (Å²) in [7, 11) is 1.67. The van der Waals surface area contributed by atoms with Crippen molar-refractivity contribution in [3.05, 3.63) is 35.4 Å². The second-order valence-corrected chi connectivity index (χ2v) is 6.58. The average molecular weight is 333 g/mol. The van der Waals surface area contributed by atoms with E-state index in [1.54, 1.807) is 18.9 Å². The fourth-order valence-corrected chi connectivity index (χ4v) is 2.86. The van der Waals surface area contributed by atoms with Gasteiger partial charge in [-0.3, -0.25) is 19.4 Å². The molecule has 1 N–H and O–H groups in total. The lowest BCUT2D eigenvalue weighted by molar-refractivity contribution is -0.143. The monoisotopic (exact) mass is 333 g/mol. The van der Waals surface area contributed by atoms with Crippen molar-refractivity contribution < 1.29 is 14.7 Å². The number of carboxylic acids is 1. The van der Waals surface area contributed by atoms with Crippen LogP contribution in [0.3, 0.4) is 0 Å². The number of aryl methyl sites for hydroxylation is 1. The number of carboxylic acid groups (broad SMARTS) is 1. The Kier molecular flexibility index (Phi) is 6.34. The maximum Gasteiger partial charge on any atom is 0.320 e. The van der Waals surface area contributed by atoms with Crippen molar-refractivity contribution >= 4 is 11.9 Å². The number of amides is 1. The molecule has 0 spiro atoms. The maximum atomic E-state index is 12.3. The molecule has 1 fully saturated rings. The number of hydrogen-bond acceptors (Lipinski definition) is 4. The Bertz CT molecular complexity index is 583. The van der Waals surface area contributed by atoms with Gasteiger partial charge in [-0.1, -0.05) is 29.8 Å². The molecular weight excluding hydrogens is 306 g/mol. The molecule has 1 aliphatic heterocycles. The molecule has 1 unspecified atom stereocenters. The van der Waals surface area contributed by atoms with Crippen molar-refractivity contribution in [1.82, 2.24) is 14.7 Å². The molecule has 6 nitrogen and oxygen atoms in total. The van der Waals surface area contributed by atoms with Crippen molar-refractivity contribution in [2.75, 3.05) is 39.8 Å². The summed E-state index contributed by atoms with van der Waals surface area (Å²) in [6, 6.07) is 7.84. The van der Waals surface area contributed by atoms with Crippen LogP contribution in [0.4, 0.5) is 0 Å². The van der Waals surface area contributed by atoms with E-state index in [0.717, 1.165) is 19.6 Å². The molecule has 1 amide bonds. The van der Waals surface area contributed by atoms with Crippen LogP contribution in [0.5, 0.6) is 0 Å². The van der Waals surface area contributed by atoms with Gasteiger partial charge < -0.3 is 10.0 Å². The number of carbonyl (C=O) groups is 2. The molecule has 0 saturated carbocycles. The Balaban J connectivity index is 1.79. The first-order chi connectivity index (χ1) is 11.4. The second kappa shape index (κ2) is 8.26. The van der Waals surface area contributed by atoms with E-state index >= 15 is 0 Å². The summed E-state index contributed by atoms with van der Waals surface area (Å²) in [5, 5.41) is 9.00. The first-order valence-corrected chi connectivity index (χ1v) is 8.35. The SMILES string of the molecule is Cc1cccc(CN2CCN(C(=O)CN(C)C(C)C(=O)O)CC2)c1. The number of benzene rings is 1. The van der Waals surface area contributed by atoms with Crippen molar-refractivity contribution in [3.63, 3.8) is 0 Å². The number of likely N-dealkylation sites (N-methyl/N-ethyl adjacent to an activating group) is 1. The van der Waals surface area contributed by atoms with E-state index in [4.69, 9.17) is 5.11 Å². The summed E-state index contributed by atoms with van der Waals surface area (Å²) in [4.78, 5) is 29.0. The van der Waals surface area contributed by atoms with Gasteiger partial charge in [0, 0.05) is 32.7 Å². The fraction of sp³-hybridized carbons (Fsp3) is 0.556. The zero-order valence-corrected chi connectivity index (χ0v) is 14.7. The van der Waals surface area contributed by atoms with Gasteiger partial charge in [-0.15, -0.1) is 0 Å². The first-order valence-electron chi connectivity index (χ1n) is 8.35. The molecule has 0 aromatic heterocycles. The predicted molar refractivity (Wildman–Crippen MR) is 92.8 cm³/mol. The lowest BCUT2D eigenvalue weighted by atomic mass is 10.1. The zero-order valence-electron chi connectivity index (χ0n) is 14.7. The number of aliphatic carboxylic acids is 1. The lowest BCUT2D eigenvalue weighted by Crippen LogP contribution is -2.51. The van der Waals surface area contributed by atoms with Gasteiger partial charge in [-0.05, 0) is 26.5 Å². The predicted octanol–water partition coefficient (Wildman–Crippen LogP) is 1.04. The normalized spacial score (nSPS) is 17.1. The topological polar surface area (TPSA) is 64.1 Å². The van der Waals surface area contributed by atoms with Crippen molar-refractivity contribution in [2.45, 2.75) is 26.4 Å². The molecule has 1 aliphatic rings. The average Bonchev–Trinajstić information content (AvgIpc) is 2.54. The van der Waals surface area contributed by atoms with E-state index in [9.17, 15) is 9.59 Å². The van der Waals surface area contributed by atoms with Crippen LogP contribution in [0.1, 0.15) is 18.1 Å². The smallest absolute Gasteiger partial charge is 0.320 e. The van der Waals surface area contributed by atoms with E-state index in [1.165, 1.54) is 11.1 Å². The van der Waals surface area contributed by atoms with Crippen LogP contribution in [-0.2, 0) is 16.1 Å². The van der Waals surface area contributed by atoms with Gasteiger partial charge in [0.05, 0.1) is 6.54 Å². The molecule has 1 aromatic rings. The third-order valence-corrected chi connectivity index (χ3v) is 4.62. The van der Waals surface area contributed by atoms with Gasteiger partial charge >= 0.3 is 5.97 Å². The Morgan fingerprint density at radius 3 is 2.50 bits per heavy atom. The number of nitrogens with zero attached hydrogens (tertiary/aromatic N) is 3. The third-order valence-electron chi connectivity index (χ3n) is 4.62. The van der Waals surface area contributed by atoms with Crippen LogP contribution in [0, 0.1) is 6.92 Å². The number of piperazine rings is 1. The highest BCUT2D eigenvalue weighted by molar-refractivity contribution is 5.80. The lowest BCUT2D eigenvalue weighted by Gasteiger charge is -2.35. The van der Waals surface area contributed by atoms with Crippen molar-refractivity contribution in [3.8, 4) is 0 Å². The minimum atomic E-state index is -0.909. The Morgan fingerprint density at radius 2 is 1.92 bits per heavy atom. The summed E-state index contributed by atoms with van der Waals surface area (Å²) in [5.74, 6) is -0.908. The van der Waals surface area contributed by atoms with Crippen LogP contribution in [-0.4, -0.2) is 77.5 Å². The van der Waals surface area contributed by atoms with Crippen LogP contribution in [0.2, 0.25) is 0 Å². The van der Waals surface area contributed by atoms with Crippen LogP contribution >= 0.6 is 0 Å². The molecule has 0 radical (unpaired) electrons. The Morgan fingerprint density at radius 1 is 1.25 bits per heavy atom. The van der Waals surface area contributed by atoms with Gasteiger partial charge in [0.15, 0.2) is 0 Å². The van der Waals surface area contributed by atoms with E-state index in [2.05, 4.69) is 36.1 Å². The minimum Gasteiger partial charge on any atom is -0.480 e. The van der Waals surface area contributed by atoms with Crippen molar-refractivity contribution in [1.29, 1.82) is 0 Å². The summed E-state index contributed by atoms with van der Waals surface area (Å²) >= 11 is 0. The minimum absolute atomic E-state index is 0.000746. The van der Waals surface area contributed by atoms with Crippen LogP contribution in [0.15, 0.2) is 24.3 Å². The third kappa shape index (κ3) is 5.04. The molecule has 132 valence electrons. The summed E-state index contributed by atoms with van der Waals surface area (Å²) < 4.78 is 0. The summed E-state index contributed by atoms with van der Waals surface area (Å²) in [6.45, 7) is 7.81. The second-order valence-electron chi connectivity index (χ2n) is 6.58. The fourth-order valence-electron chi connectivity index (χ4n) is 2.86. The highest BCUT2D eigenvalue weighted by Crippen LogP contribution is 2.11. The first kappa shape index (κ1) is 18.4. The van der Waals surface area contributed by atoms with Gasteiger partial charge in [-0.2, -0.15) is 0 Å². The Labute approximate surface area is 143 Å². The Hall–Kier alpha value is -1.92. The van der Waals surface area contributed by atoms with Gasteiger partial charge in [-0.25, -0.2) is 0 Å². The molecule has 1 aromatic carbocycles. The summed E-state index contributed by atoms with van der Waals surface area (Å²) in [5.41, 5.74) is 2.56. The van der Waals surface area contributed by atoms with Gasteiger partial charge in [0.2, 0.25) is 5.91 Å². The van der Waals surface area contributed by atoms with E-state index in [-0.39, 0.29) is 12.5 Å². The maximum absolute atomic E-state index is 12.3. The molecule has 2 rings (SSSR count). The standard InChI is InChI=1S/C18H27N3O3/c1-14-5-4-6-16(11-14)12-20-7-9-21(10-8-20)17(22)13-19(3)15(2)18(23)24/h4-6,11,15H,7-10,12-13H2,1-3H3,(H,23,24). The molecule has 0 aliphatic carbocycles. The number of rotatable bonds is 6. The molecule has 6 heteroatoms.